The van der Waals surface area contributed by atoms with Crippen molar-refractivity contribution in [3.8, 4) is 0 Å². The fourth-order valence-corrected chi connectivity index (χ4v) is 9.90. The Hall–Kier alpha value is 0.554. The molecule has 0 heterocycles. The van der Waals surface area contributed by atoms with Gasteiger partial charge in [-0.05, 0) is 0 Å². The van der Waals surface area contributed by atoms with E-state index in [1.165, 1.54) is 12.8 Å². The molecule has 0 bridgehead atoms. The Balaban J connectivity index is 0. The molecule has 0 fully saturated rings. The minimum atomic E-state index is -2.33. The molecule has 17 heavy (non-hydrogen) atoms. The van der Waals surface area contributed by atoms with E-state index < -0.39 is 17.6 Å². The summed E-state index contributed by atoms with van der Waals surface area (Å²) >= 11 is -2.33. The topological polar surface area (TPSA) is 13.0 Å². The Labute approximate surface area is 114 Å². The SMILES string of the molecule is CCCC.C[N](C)[Ti]([N](C)C)([N](C)C)[N](C)C. The second kappa shape index (κ2) is 9.48. The second-order valence-corrected chi connectivity index (χ2v) is 12.6. The van der Waals surface area contributed by atoms with Gasteiger partial charge in [0.25, 0.3) is 0 Å². The Bertz CT molecular complexity index is 142. The zero-order valence-corrected chi connectivity index (χ0v) is 15.3. The molecule has 0 N–H and O–H groups in total. The van der Waals surface area contributed by atoms with E-state index in [-0.39, 0.29) is 0 Å². The molecule has 0 aromatic carbocycles. The summed E-state index contributed by atoms with van der Waals surface area (Å²) in [5.74, 6) is 0. The van der Waals surface area contributed by atoms with Crippen molar-refractivity contribution in [2.75, 3.05) is 56.4 Å². The zero-order valence-electron chi connectivity index (χ0n) is 13.7. The maximum absolute atomic E-state index is 2.38. The van der Waals surface area contributed by atoms with Crippen LogP contribution < -0.4 is 0 Å². The van der Waals surface area contributed by atoms with Gasteiger partial charge in [-0.3, -0.25) is 0 Å². The first kappa shape index (κ1) is 19.9. The molecular weight excluding hydrogens is 248 g/mol. The third-order valence-electron chi connectivity index (χ3n) is 2.90. The molecule has 0 amide bonds. The molecule has 0 spiro atoms. The summed E-state index contributed by atoms with van der Waals surface area (Å²) in [5, 5.41) is 0. The van der Waals surface area contributed by atoms with Crippen LogP contribution in [-0.4, -0.2) is 69.9 Å². The second-order valence-electron chi connectivity index (χ2n) is 5.18. The van der Waals surface area contributed by atoms with Gasteiger partial charge >= 0.3 is 87.5 Å². The van der Waals surface area contributed by atoms with E-state index in [0.29, 0.717) is 0 Å². The summed E-state index contributed by atoms with van der Waals surface area (Å²) < 4.78 is 9.50. The average molecular weight is 282 g/mol. The molecule has 0 aromatic heterocycles. The van der Waals surface area contributed by atoms with Crippen LogP contribution in [0.1, 0.15) is 26.7 Å². The first-order chi connectivity index (χ1) is 7.69. The van der Waals surface area contributed by atoms with Crippen molar-refractivity contribution in [3.05, 3.63) is 0 Å². The van der Waals surface area contributed by atoms with Crippen LogP contribution in [0.3, 0.4) is 0 Å². The van der Waals surface area contributed by atoms with Gasteiger partial charge in [-0.2, -0.15) is 0 Å². The first-order valence-corrected chi connectivity index (χ1v) is 9.18. The quantitative estimate of drug-likeness (QED) is 0.713. The number of hydrogen-bond acceptors (Lipinski definition) is 4. The number of unbranched alkanes of at least 4 members (excludes halogenated alkanes) is 1. The van der Waals surface area contributed by atoms with Crippen LogP contribution >= 0.6 is 0 Å². The molecule has 0 saturated heterocycles. The standard InChI is InChI=1S/C4H10.4C2H6N.Ti/c1-3-4-2;4*1-3-2;/h3-4H2,1-2H3;4*1-2H3;/q;4*-1;+4. The molecule has 106 valence electrons. The molecule has 0 aromatic rings. The minimum absolute atomic E-state index is 1.32. The van der Waals surface area contributed by atoms with Crippen LogP contribution in [0.5, 0.6) is 0 Å². The fraction of sp³-hybridized carbons (Fsp3) is 1.00. The third-order valence-corrected chi connectivity index (χ3v) is 10.4. The Morgan fingerprint density at radius 2 is 0.706 bits per heavy atom. The number of hydrogen-bond donors (Lipinski definition) is 0. The van der Waals surface area contributed by atoms with Gasteiger partial charge in [0.2, 0.25) is 0 Å². The van der Waals surface area contributed by atoms with Crippen LogP contribution in [0.15, 0.2) is 0 Å². The van der Waals surface area contributed by atoms with Gasteiger partial charge in [-0.1, -0.05) is 26.7 Å². The van der Waals surface area contributed by atoms with E-state index in [4.69, 9.17) is 0 Å². The Morgan fingerprint density at radius 3 is 0.706 bits per heavy atom. The summed E-state index contributed by atoms with van der Waals surface area (Å²) in [4.78, 5) is 0. The number of nitrogens with zero attached hydrogens (tertiary/aromatic N) is 4. The summed E-state index contributed by atoms with van der Waals surface area (Å²) in [6.07, 6.45) is 2.64. The summed E-state index contributed by atoms with van der Waals surface area (Å²) in [6, 6.07) is 0. The molecule has 0 aliphatic carbocycles. The molecule has 0 aliphatic heterocycles. The summed E-state index contributed by atoms with van der Waals surface area (Å²) in [6.45, 7) is 4.36. The van der Waals surface area contributed by atoms with Gasteiger partial charge in [0.15, 0.2) is 0 Å². The van der Waals surface area contributed by atoms with Gasteiger partial charge in [-0.25, -0.2) is 0 Å². The van der Waals surface area contributed by atoms with Crippen LogP contribution in [0.2, 0.25) is 0 Å². The predicted molar refractivity (Wildman–Crippen MR) is 75.3 cm³/mol. The van der Waals surface area contributed by atoms with Gasteiger partial charge in [0, 0.05) is 0 Å². The Morgan fingerprint density at radius 1 is 0.529 bits per heavy atom. The van der Waals surface area contributed by atoms with E-state index in [9.17, 15) is 0 Å². The van der Waals surface area contributed by atoms with E-state index in [1.807, 2.05) is 0 Å². The van der Waals surface area contributed by atoms with Crippen molar-refractivity contribution in [1.29, 1.82) is 0 Å². The first-order valence-electron chi connectivity index (χ1n) is 6.39. The van der Waals surface area contributed by atoms with Crippen molar-refractivity contribution in [3.63, 3.8) is 0 Å². The summed E-state index contributed by atoms with van der Waals surface area (Å²) in [5.41, 5.74) is 0. The van der Waals surface area contributed by atoms with Gasteiger partial charge in [0.05, 0.1) is 0 Å². The average Bonchev–Trinajstić information content (AvgIpc) is 2.16. The molecule has 0 rings (SSSR count). The monoisotopic (exact) mass is 282 g/mol. The zero-order chi connectivity index (χ0) is 14.2. The van der Waals surface area contributed by atoms with Crippen molar-refractivity contribution >= 4 is 0 Å². The van der Waals surface area contributed by atoms with E-state index in [2.05, 4.69) is 83.8 Å². The normalized spacial score (nSPS) is 12.4. The van der Waals surface area contributed by atoms with Crippen molar-refractivity contribution in [2.24, 2.45) is 0 Å². The van der Waals surface area contributed by atoms with Crippen molar-refractivity contribution < 1.29 is 17.6 Å². The maximum atomic E-state index is 2.38. The van der Waals surface area contributed by atoms with Crippen LogP contribution in [0.4, 0.5) is 0 Å². The molecule has 4 nitrogen and oxygen atoms in total. The summed E-state index contributed by atoms with van der Waals surface area (Å²) in [7, 11) is 17.3. The van der Waals surface area contributed by atoms with Crippen molar-refractivity contribution in [2.45, 2.75) is 26.7 Å². The molecule has 0 atom stereocenters. The van der Waals surface area contributed by atoms with Crippen LogP contribution in [0, 0.1) is 0 Å². The van der Waals surface area contributed by atoms with E-state index in [1.54, 1.807) is 0 Å². The van der Waals surface area contributed by atoms with Crippen LogP contribution in [-0.2, 0) is 17.6 Å². The number of rotatable bonds is 5. The molecule has 0 unspecified atom stereocenters. The predicted octanol–water partition coefficient (Wildman–Crippen LogP) is 1.85. The molecule has 5 heteroatoms. The fourth-order valence-electron chi connectivity index (χ4n) is 2.40. The van der Waals surface area contributed by atoms with E-state index >= 15 is 0 Å². The van der Waals surface area contributed by atoms with Gasteiger partial charge in [0.1, 0.15) is 0 Å². The van der Waals surface area contributed by atoms with Gasteiger partial charge in [-0.15, -0.1) is 0 Å². The molecular formula is C12H34N4Ti. The molecule has 0 radical (unpaired) electrons. The molecule has 0 aliphatic rings. The van der Waals surface area contributed by atoms with E-state index in [0.717, 1.165) is 0 Å². The van der Waals surface area contributed by atoms with Crippen molar-refractivity contribution in [1.82, 2.24) is 13.5 Å². The Kier molecular flexibility index (Phi) is 11.1. The van der Waals surface area contributed by atoms with Gasteiger partial charge < -0.3 is 0 Å². The molecule has 0 saturated carbocycles. The van der Waals surface area contributed by atoms with Crippen LogP contribution in [0.25, 0.3) is 0 Å². The third kappa shape index (κ3) is 5.37.